The number of nitrogens with one attached hydrogen (secondary N) is 3. The number of benzene rings is 2. The molecule has 0 aliphatic carbocycles. The highest BCUT2D eigenvalue weighted by Gasteiger charge is 2.20. The van der Waals surface area contributed by atoms with Crippen LogP contribution in [0.3, 0.4) is 0 Å². The quantitative estimate of drug-likeness (QED) is 0.437. The summed E-state index contributed by atoms with van der Waals surface area (Å²) >= 11 is 6.24. The Kier molecular flexibility index (Phi) is 7.08. The first kappa shape index (κ1) is 23.9. The van der Waals surface area contributed by atoms with Crippen LogP contribution in [-0.4, -0.2) is 35.4 Å². The zero-order chi connectivity index (χ0) is 24.9. The largest absolute Gasteiger partial charge is 0.339 e. The van der Waals surface area contributed by atoms with Crippen molar-refractivity contribution in [2.45, 2.75) is 19.3 Å². The average Bonchev–Trinajstić information content (AvgIpc) is 2.98. The highest BCUT2D eigenvalue weighted by atomic mass is 35.5. The van der Waals surface area contributed by atoms with Crippen LogP contribution in [0.1, 0.15) is 28.8 Å². The van der Waals surface area contributed by atoms with Crippen molar-refractivity contribution in [3.8, 4) is 6.07 Å². The van der Waals surface area contributed by atoms with Gasteiger partial charge in [0.05, 0.1) is 23.5 Å². The van der Waals surface area contributed by atoms with Crippen molar-refractivity contribution >= 4 is 52.2 Å². The van der Waals surface area contributed by atoms with E-state index in [1.165, 1.54) is 24.4 Å². The van der Waals surface area contributed by atoms with Gasteiger partial charge in [0.1, 0.15) is 17.4 Å². The van der Waals surface area contributed by atoms with Crippen molar-refractivity contribution < 1.29 is 14.0 Å². The van der Waals surface area contributed by atoms with Crippen molar-refractivity contribution in [3.05, 3.63) is 64.6 Å². The molecule has 3 N–H and O–H groups in total. The number of hydrogen-bond acceptors (Lipinski definition) is 7. The Bertz CT molecular complexity index is 1340. The molecule has 2 heterocycles. The van der Waals surface area contributed by atoms with Gasteiger partial charge in [-0.2, -0.15) is 10.2 Å². The number of nitriles is 1. The highest BCUT2D eigenvalue weighted by Crippen LogP contribution is 2.31. The second-order valence-corrected chi connectivity index (χ2v) is 8.20. The lowest BCUT2D eigenvalue weighted by Gasteiger charge is -2.18. The number of para-hydroxylation sites is 1. The number of amides is 2. The number of aryl methyl sites for hydroxylation is 1. The van der Waals surface area contributed by atoms with E-state index in [4.69, 9.17) is 16.9 Å². The summed E-state index contributed by atoms with van der Waals surface area (Å²) in [5.74, 6) is -0.950. The van der Waals surface area contributed by atoms with E-state index in [9.17, 15) is 14.0 Å². The van der Waals surface area contributed by atoms with E-state index in [-0.39, 0.29) is 40.5 Å². The van der Waals surface area contributed by atoms with E-state index < -0.39 is 11.7 Å². The zero-order valence-electron chi connectivity index (χ0n) is 18.7. The predicted octanol–water partition coefficient (Wildman–Crippen LogP) is 4.31. The lowest BCUT2D eigenvalue weighted by atomic mass is 10.1. The van der Waals surface area contributed by atoms with Crippen molar-refractivity contribution in [2.24, 2.45) is 0 Å². The number of carbonyl (C=O) groups excluding carboxylic acids is 2. The van der Waals surface area contributed by atoms with Gasteiger partial charge in [0.25, 0.3) is 5.91 Å². The molecule has 0 saturated carbocycles. The van der Waals surface area contributed by atoms with Crippen LogP contribution in [0.15, 0.2) is 42.6 Å². The normalized spacial score (nSPS) is 12.9. The van der Waals surface area contributed by atoms with Crippen LogP contribution >= 0.6 is 11.6 Å². The Balaban J connectivity index is 1.60. The molecule has 0 bridgehead atoms. The van der Waals surface area contributed by atoms with Crippen molar-refractivity contribution in [1.82, 2.24) is 15.3 Å². The average molecular weight is 494 g/mol. The minimum atomic E-state index is -0.691. The van der Waals surface area contributed by atoms with Crippen LogP contribution in [0.4, 0.5) is 33.2 Å². The summed E-state index contributed by atoms with van der Waals surface area (Å²) < 4.78 is 14.6. The maximum atomic E-state index is 14.6. The van der Waals surface area contributed by atoms with Gasteiger partial charge in [0.15, 0.2) is 5.82 Å². The fourth-order valence-corrected chi connectivity index (χ4v) is 3.88. The smallest absolute Gasteiger partial charge is 0.254 e. The van der Waals surface area contributed by atoms with E-state index in [1.54, 1.807) is 18.0 Å². The van der Waals surface area contributed by atoms with Gasteiger partial charge in [-0.1, -0.05) is 17.7 Å². The topological polar surface area (TPSA) is 123 Å². The molecule has 2 aromatic carbocycles. The summed E-state index contributed by atoms with van der Waals surface area (Å²) in [6.45, 7) is -0.220. The molecule has 1 aliphatic rings. The summed E-state index contributed by atoms with van der Waals surface area (Å²) in [6, 6.07) is 11.4. The van der Waals surface area contributed by atoms with Gasteiger partial charge >= 0.3 is 0 Å². The molecule has 2 amide bonds. The van der Waals surface area contributed by atoms with Crippen LogP contribution in [0.2, 0.25) is 5.02 Å². The van der Waals surface area contributed by atoms with Crippen molar-refractivity contribution in [3.63, 3.8) is 0 Å². The Hall–Kier alpha value is -4.23. The molecular weight excluding hydrogens is 473 g/mol. The zero-order valence-corrected chi connectivity index (χ0v) is 19.5. The molecule has 0 radical (unpaired) electrons. The van der Waals surface area contributed by atoms with Crippen LogP contribution in [0.5, 0.6) is 0 Å². The molecule has 35 heavy (non-hydrogen) atoms. The molecule has 1 aliphatic heterocycles. The van der Waals surface area contributed by atoms with Gasteiger partial charge in [-0.05, 0) is 48.7 Å². The van der Waals surface area contributed by atoms with Crippen LogP contribution in [0, 0.1) is 17.1 Å². The maximum absolute atomic E-state index is 14.6. The lowest BCUT2D eigenvalue weighted by Crippen LogP contribution is -2.24. The fraction of sp³-hybridized carbons (Fsp3) is 0.208. The minimum absolute atomic E-state index is 0.00569. The number of carbonyl (C=O) groups is 2. The van der Waals surface area contributed by atoms with Crippen molar-refractivity contribution in [1.29, 1.82) is 5.26 Å². The number of fused-ring (bicyclic) bond motifs is 1. The number of hydrogen-bond donors (Lipinski definition) is 3. The monoisotopic (exact) mass is 493 g/mol. The van der Waals surface area contributed by atoms with E-state index in [0.717, 1.165) is 24.1 Å². The number of nitrogens with zero attached hydrogens (tertiary/aromatic N) is 4. The third-order valence-electron chi connectivity index (χ3n) is 5.48. The molecule has 11 heteroatoms. The highest BCUT2D eigenvalue weighted by molar-refractivity contribution is 6.33. The molecule has 0 spiro atoms. The third kappa shape index (κ3) is 5.31. The summed E-state index contributed by atoms with van der Waals surface area (Å²) in [5, 5.41) is 17.1. The van der Waals surface area contributed by atoms with Gasteiger partial charge in [-0.3, -0.25) is 9.59 Å². The van der Waals surface area contributed by atoms with Gasteiger partial charge in [0, 0.05) is 24.8 Å². The molecule has 4 rings (SSSR count). The fourth-order valence-electron chi connectivity index (χ4n) is 3.74. The molecule has 0 unspecified atom stereocenters. The summed E-state index contributed by atoms with van der Waals surface area (Å²) in [5.41, 5.74) is 2.46. The van der Waals surface area contributed by atoms with Crippen LogP contribution in [0.25, 0.3) is 0 Å². The first-order valence-corrected chi connectivity index (χ1v) is 11.1. The standard InChI is InChI=1S/C24H21ClFN7O2/c1-33-19-9-8-15(12-14(19)4-2-7-20(33)34)30-24-29-13-17(25)22(32-24)31-21-16(5-3-6-18(21)26)23(35)28-11-10-27/h3,5-6,8-9,12-13H,2,4,7,11H2,1H3,(H,28,35)(H2,29,30,31,32). The Labute approximate surface area is 205 Å². The molecule has 0 saturated heterocycles. The molecule has 9 nitrogen and oxygen atoms in total. The van der Waals surface area contributed by atoms with E-state index >= 15 is 0 Å². The molecule has 0 atom stereocenters. The number of halogens is 2. The lowest BCUT2D eigenvalue weighted by molar-refractivity contribution is -0.118. The van der Waals surface area contributed by atoms with E-state index in [1.807, 2.05) is 18.2 Å². The third-order valence-corrected chi connectivity index (χ3v) is 5.76. The molecular formula is C24H21ClFN7O2. The first-order chi connectivity index (χ1) is 16.9. The second-order valence-electron chi connectivity index (χ2n) is 7.79. The van der Waals surface area contributed by atoms with E-state index in [2.05, 4.69) is 25.9 Å². The molecule has 1 aromatic heterocycles. The maximum Gasteiger partial charge on any atom is 0.254 e. The minimum Gasteiger partial charge on any atom is -0.339 e. The Morgan fingerprint density at radius 3 is 2.89 bits per heavy atom. The number of rotatable bonds is 6. The Morgan fingerprint density at radius 1 is 1.26 bits per heavy atom. The first-order valence-electron chi connectivity index (χ1n) is 10.8. The molecule has 178 valence electrons. The SMILES string of the molecule is CN1C(=O)CCCc2cc(Nc3ncc(Cl)c(Nc4c(F)cccc4C(=O)NCC#N)n3)ccc21. The Morgan fingerprint density at radius 2 is 2.09 bits per heavy atom. The van der Waals surface area contributed by atoms with Crippen LogP contribution < -0.4 is 20.9 Å². The summed E-state index contributed by atoms with van der Waals surface area (Å²) in [7, 11) is 1.76. The number of anilines is 5. The summed E-state index contributed by atoms with van der Waals surface area (Å²) in [6.07, 6.45) is 3.37. The van der Waals surface area contributed by atoms with E-state index in [0.29, 0.717) is 12.1 Å². The van der Waals surface area contributed by atoms with Gasteiger partial charge in [-0.25, -0.2) is 9.37 Å². The van der Waals surface area contributed by atoms with Gasteiger partial charge in [0.2, 0.25) is 11.9 Å². The van der Waals surface area contributed by atoms with Gasteiger partial charge < -0.3 is 20.9 Å². The van der Waals surface area contributed by atoms with Crippen LogP contribution in [-0.2, 0) is 11.2 Å². The summed E-state index contributed by atoms with van der Waals surface area (Å²) in [4.78, 5) is 34.7. The molecule has 0 fully saturated rings. The number of aromatic nitrogens is 2. The van der Waals surface area contributed by atoms with Crippen molar-refractivity contribution in [2.75, 3.05) is 29.1 Å². The molecule has 3 aromatic rings. The van der Waals surface area contributed by atoms with Gasteiger partial charge in [-0.15, -0.1) is 0 Å². The predicted molar refractivity (Wildman–Crippen MR) is 131 cm³/mol. The second kappa shape index (κ2) is 10.4.